The number of aliphatic imine (C=N–C) groups is 1. The number of aryl methyl sites for hydroxylation is 1. The summed E-state index contributed by atoms with van der Waals surface area (Å²) in [4.78, 5) is 11.6. The highest BCUT2D eigenvalue weighted by Gasteiger charge is 2.17. The smallest absolute Gasteiger partial charge is 0.0936 e. The molecule has 188 valence electrons. The Kier molecular flexibility index (Phi) is 10.3. The summed E-state index contributed by atoms with van der Waals surface area (Å²) >= 11 is 8.26. The van der Waals surface area contributed by atoms with Crippen molar-refractivity contribution in [2.45, 2.75) is 70.7 Å². The lowest BCUT2D eigenvalue weighted by Crippen LogP contribution is -2.39. The zero-order chi connectivity index (χ0) is 25.4. The summed E-state index contributed by atoms with van der Waals surface area (Å²) in [6, 6.07) is 7.03. The highest BCUT2D eigenvalue weighted by molar-refractivity contribution is 8.03. The van der Waals surface area contributed by atoms with E-state index in [1.54, 1.807) is 18.0 Å². The van der Waals surface area contributed by atoms with Crippen LogP contribution < -0.4 is 10.6 Å². The fourth-order valence-electron chi connectivity index (χ4n) is 4.37. The second-order valence-electron chi connectivity index (χ2n) is 8.96. The maximum absolute atomic E-state index is 6.66. The predicted octanol–water partition coefficient (Wildman–Crippen LogP) is 7.79. The zero-order valence-corrected chi connectivity index (χ0v) is 23.1. The van der Waals surface area contributed by atoms with Crippen LogP contribution in [0.4, 0.5) is 5.69 Å². The number of benzene rings is 1. The number of nitrogens with one attached hydrogen (secondary N) is 1. The van der Waals surface area contributed by atoms with Crippen LogP contribution in [0.15, 0.2) is 57.0 Å². The van der Waals surface area contributed by atoms with Crippen LogP contribution in [0.25, 0.3) is 11.6 Å². The average Bonchev–Trinajstić information content (AvgIpc) is 3.29. The van der Waals surface area contributed by atoms with Crippen molar-refractivity contribution in [2.75, 3.05) is 18.0 Å². The fraction of sp³-hybridized carbons (Fsp3) is 0.414. The number of H-pyrrole nitrogens is 1. The van der Waals surface area contributed by atoms with Crippen LogP contribution in [-0.2, 0) is 12.8 Å². The van der Waals surface area contributed by atoms with Gasteiger partial charge in [-0.25, -0.2) is 4.99 Å². The van der Waals surface area contributed by atoms with Gasteiger partial charge < -0.3 is 15.6 Å². The summed E-state index contributed by atoms with van der Waals surface area (Å²) in [5.74, 6) is 0. The van der Waals surface area contributed by atoms with Crippen LogP contribution in [-0.4, -0.2) is 30.3 Å². The van der Waals surface area contributed by atoms with Gasteiger partial charge in [0.2, 0.25) is 0 Å². The van der Waals surface area contributed by atoms with Gasteiger partial charge in [0.15, 0.2) is 0 Å². The first-order valence-electron chi connectivity index (χ1n) is 12.7. The normalized spacial score (nSPS) is 15.9. The van der Waals surface area contributed by atoms with Gasteiger partial charge in [-0.2, -0.15) is 0 Å². The molecule has 1 saturated heterocycles. The third-order valence-electron chi connectivity index (χ3n) is 6.54. The Morgan fingerprint density at radius 3 is 2.66 bits per heavy atom. The van der Waals surface area contributed by atoms with Crippen LogP contribution in [0, 0.1) is 0 Å². The third-order valence-corrected chi connectivity index (χ3v) is 7.88. The minimum Gasteiger partial charge on any atom is -0.371 e. The van der Waals surface area contributed by atoms with E-state index in [1.807, 2.05) is 13.1 Å². The Labute approximate surface area is 220 Å². The van der Waals surface area contributed by atoms with E-state index in [0.717, 1.165) is 67.1 Å². The minimum atomic E-state index is 0.336. The van der Waals surface area contributed by atoms with Gasteiger partial charge in [-0.3, -0.25) is 0 Å². The van der Waals surface area contributed by atoms with E-state index in [2.05, 4.69) is 72.6 Å². The number of thioether (sulfide) groups is 1. The number of allylic oxidation sites excluding steroid dienone is 3. The molecular formula is C29H39ClN4S. The van der Waals surface area contributed by atoms with Gasteiger partial charge in [0, 0.05) is 53.4 Å². The molecule has 2 heterocycles. The summed E-state index contributed by atoms with van der Waals surface area (Å²) in [5.41, 5.74) is 13.2. The SMILES string of the molecule is C=C(N=C/C(Cl)=C(\C)c1c[nH]c(/C=C\CC)c1CC)Sc1ccc(N2CCC(N)CC2)cc1CC. The average molecular weight is 511 g/mol. The van der Waals surface area contributed by atoms with Crippen molar-refractivity contribution in [3.8, 4) is 0 Å². The number of hydrogen-bond acceptors (Lipinski definition) is 4. The molecule has 0 atom stereocenters. The van der Waals surface area contributed by atoms with Gasteiger partial charge in [-0.05, 0) is 80.0 Å². The molecule has 1 aliphatic rings. The first-order valence-corrected chi connectivity index (χ1v) is 13.8. The topological polar surface area (TPSA) is 57.4 Å². The van der Waals surface area contributed by atoms with Crippen LogP contribution in [0.5, 0.6) is 0 Å². The molecule has 1 aromatic carbocycles. The number of anilines is 1. The molecule has 0 aliphatic carbocycles. The number of halogens is 1. The van der Waals surface area contributed by atoms with Crippen LogP contribution in [0.3, 0.4) is 0 Å². The second-order valence-corrected chi connectivity index (χ2v) is 10.5. The molecule has 1 fully saturated rings. The van der Waals surface area contributed by atoms with E-state index in [0.29, 0.717) is 11.1 Å². The number of aromatic amines is 1. The zero-order valence-electron chi connectivity index (χ0n) is 21.5. The molecule has 3 N–H and O–H groups in total. The Bertz CT molecular complexity index is 1100. The molecule has 0 spiro atoms. The van der Waals surface area contributed by atoms with Crippen LogP contribution in [0.2, 0.25) is 0 Å². The van der Waals surface area contributed by atoms with Gasteiger partial charge in [-0.1, -0.05) is 56.8 Å². The second kappa shape index (κ2) is 13.2. The molecule has 0 bridgehead atoms. The number of rotatable bonds is 10. The van der Waals surface area contributed by atoms with Gasteiger partial charge in [0.1, 0.15) is 0 Å². The number of nitrogens with two attached hydrogens (primary N) is 1. The molecule has 1 aliphatic heterocycles. The van der Waals surface area contributed by atoms with Crippen molar-refractivity contribution in [3.05, 3.63) is 69.5 Å². The highest BCUT2D eigenvalue weighted by Crippen LogP contribution is 2.34. The third kappa shape index (κ3) is 7.16. The molecule has 35 heavy (non-hydrogen) atoms. The lowest BCUT2D eigenvalue weighted by molar-refractivity contribution is 0.501. The monoisotopic (exact) mass is 510 g/mol. The van der Waals surface area contributed by atoms with Crippen LogP contribution >= 0.6 is 23.4 Å². The number of hydrogen-bond donors (Lipinski definition) is 2. The van der Waals surface area contributed by atoms with E-state index in [4.69, 9.17) is 17.3 Å². The molecule has 1 aromatic heterocycles. The van der Waals surface area contributed by atoms with E-state index in [-0.39, 0.29) is 0 Å². The maximum Gasteiger partial charge on any atom is 0.0936 e. The summed E-state index contributed by atoms with van der Waals surface area (Å²) < 4.78 is 0. The quantitative estimate of drug-likeness (QED) is 0.253. The van der Waals surface area contributed by atoms with Gasteiger partial charge in [0.25, 0.3) is 0 Å². The molecular weight excluding hydrogens is 472 g/mol. The van der Waals surface area contributed by atoms with E-state index in [9.17, 15) is 0 Å². The summed E-state index contributed by atoms with van der Waals surface area (Å²) in [6.07, 6.45) is 13.1. The van der Waals surface area contributed by atoms with Crippen LogP contribution in [0.1, 0.15) is 69.3 Å². The van der Waals surface area contributed by atoms with Crippen molar-refractivity contribution in [1.82, 2.24) is 4.98 Å². The summed E-state index contributed by atoms with van der Waals surface area (Å²) in [6.45, 7) is 14.7. The van der Waals surface area contributed by atoms with Gasteiger partial charge in [0.05, 0.1) is 10.1 Å². The van der Waals surface area contributed by atoms with Crippen molar-refractivity contribution < 1.29 is 0 Å². The Morgan fingerprint density at radius 2 is 2.00 bits per heavy atom. The minimum absolute atomic E-state index is 0.336. The summed E-state index contributed by atoms with van der Waals surface area (Å²) in [7, 11) is 0. The molecule has 2 aromatic rings. The number of piperidine rings is 1. The number of nitrogens with zero attached hydrogens (tertiary/aromatic N) is 2. The molecule has 0 amide bonds. The van der Waals surface area contributed by atoms with E-state index in [1.165, 1.54) is 21.7 Å². The fourth-order valence-corrected chi connectivity index (χ4v) is 5.35. The molecule has 6 heteroatoms. The molecule has 0 unspecified atom stereocenters. The first-order chi connectivity index (χ1) is 16.9. The van der Waals surface area contributed by atoms with Gasteiger partial charge in [-0.15, -0.1) is 0 Å². The van der Waals surface area contributed by atoms with Crippen molar-refractivity contribution in [1.29, 1.82) is 0 Å². The number of aromatic nitrogens is 1. The molecule has 0 saturated carbocycles. The largest absolute Gasteiger partial charge is 0.371 e. The van der Waals surface area contributed by atoms with Crippen molar-refractivity contribution in [2.24, 2.45) is 10.7 Å². The molecule has 0 radical (unpaired) electrons. The molecule has 3 rings (SSSR count). The van der Waals surface area contributed by atoms with Crippen molar-refractivity contribution >= 4 is 46.9 Å². The van der Waals surface area contributed by atoms with E-state index >= 15 is 0 Å². The van der Waals surface area contributed by atoms with Gasteiger partial charge >= 0.3 is 0 Å². The first kappa shape index (κ1) is 27.4. The Balaban J connectivity index is 1.71. The lowest BCUT2D eigenvalue weighted by Gasteiger charge is -2.32. The van der Waals surface area contributed by atoms with Crippen molar-refractivity contribution in [3.63, 3.8) is 0 Å². The Hall–Kier alpha value is -2.21. The summed E-state index contributed by atoms with van der Waals surface area (Å²) in [5, 5.41) is 1.35. The predicted molar refractivity (Wildman–Crippen MR) is 157 cm³/mol. The molecule has 4 nitrogen and oxygen atoms in total. The maximum atomic E-state index is 6.66. The highest BCUT2D eigenvalue weighted by atomic mass is 35.5. The van der Waals surface area contributed by atoms with E-state index < -0.39 is 0 Å². The Morgan fingerprint density at radius 1 is 1.26 bits per heavy atom. The lowest BCUT2D eigenvalue weighted by atomic mass is 10.0. The standard InChI is InChI=1S/C29H39ClN4S/c1-6-9-10-28-25(8-3)26(18-33-28)20(4)27(30)19-32-21(5)35-29-12-11-24(17-22(29)7-2)34-15-13-23(31)14-16-34/h9-12,17-19,23,33H,5-8,13-16,31H2,1-4H3/b10-9-,27-20-,32-19?.